The van der Waals surface area contributed by atoms with Gasteiger partial charge in [-0.2, -0.15) is 0 Å². The van der Waals surface area contributed by atoms with Gasteiger partial charge in [0.25, 0.3) is 0 Å². The Morgan fingerprint density at radius 1 is 1.70 bits per heavy atom. The standard InChI is InChI=1S/C5H10N2O3/c1-3(2-4(8)9)7-5(6)10/h3H,2H2,1H3,(H,8,9)(H3,6,7,10)/t3-/m0/s1. The first-order chi connectivity index (χ1) is 4.52. The molecule has 2 amide bonds. The highest BCUT2D eigenvalue weighted by atomic mass is 16.4. The Balaban J connectivity index is 3.53. The third-order valence-electron chi connectivity index (χ3n) is 0.869. The number of amides is 2. The van der Waals surface area contributed by atoms with Crippen LogP contribution in [-0.4, -0.2) is 23.1 Å². The fourth-order valence-corrected chi connectivity index (χ4v) is 0.556. The zero-order chi connectivity index (χ0) is 8.15. The van der Waals surface area contributed by atoms with Crippen LogP contribution in [0.3, 0.4) is 0 Å². The average molecular weight is 146 g/mol. The Hall–Kier alpha value is -1.26. The van der Waals surface area contributed by atoms with E-state index in [2.05, 4.69) is 5.32 Å². The van der Waals surface area contributed by atoms with E-state index >= 15 is 0 Å². The highest BCUT2D eigenvalue weighted by Gasteiger charge is 2.07. The highest BCUT2D eigenvalue weighted by molar-refractivity contribution is 5.73. The van der Waals surface area contributed by atoms with Crippen LogP contribution >= 0.6 is 0 Å². The summed E-state index contributed by atoms with van der Waals surface area (Å²) >= 11 is 0. The van der Waals surface area contributed by atoms with Crippen LogP contribution in [0, 0.1) is 0 Å². The largest absolute Gasteiger partial charge is 0.481 e. The molecule has 0 aliphatic rings. The third-order valence-corrected chi connectivity index (χ3v) is 0.869. The Labute approximate surface area is 58.2 Å². The van der Waals surface area contributed by atoms with E-state index in [9.17, 15) is 9.59 Å². The van der Waals surface area contributed by atoms with E-state index in [1.807, 2.05) is 0 Å². The molecule has 0 aromatic rings. The molecular weight excluding hydrogens is 136 g/mol. The Morgan fingerprint density at radius 3 is 2.50 bits per heavy atom. The predicted molar refractivity (Wildman–Crippen MR) is 34.4 cm³/mol. The lowest BCUT2D eigenvalue weighted by Gasteiger charge is -2.07. The lowest BCUT2D eigenvalue weighted by atomic mass is 10.2. The second-order valence-electron chi connectivity index (χ2n) is 2.01. The average Bonchev–Trinajstić information content (AvgIpc) is 1.58. The molecule has 58 valence electrons. The van der Waals surface area contributed by atoms with Crippen molar-refractivity contribution in [2.24, 2.45) is 5.73 Å². The molecule has 0 rings (SSSR count). The van der Waals surface area contributed by atoms with Gasteiger partial charge in [-0.05, 0) is 6.92 Å². The van der Waals surface area contributed by atoms with Gasteiger partial charge in [-0.15, -0.1) is 0 Å². The summed E-state index contributed by atoms with van der Waals surface area (Å²) in [5, 5.41) is 10.4. The van der Waals surface area contributed by atoms with Crippen molar-refractivity contribution in [2.45, 2.75) is 19.4 Å². The number of hydrogen-bond donors (Lipinski definition) is 3. The van der Waals surface area contributed by atoms with E-state index in [0.29, 0.717) is 0 Å². The highest BCUT2D eigenvalue weighted by Crippen LogP contribution is 1.88. The minimum Gasteiger partial charge on any atom is -0.481 e. The maximum atomic E-state index is 10.1. The van der Waals surface area contributed by atoms with Gasteiger partial charge in [0.2, 0.25) is 0 Å². The first-order valence-corrected chi connectivity index (χ1v) is 2.80. The van der Waals surface area contributed by atoms with Gasteiger partial charge in [-0.25, -0.2) is 4.79 Å². The van der Waals surface area contributed by atoms with Gasteiger partial charge in [0.1, 0.15) is 0 Å². The van der Waals surface area contributed by atoms with Crippen LogP contribution < -0.4 is 11.1 Å². The second kappa shape index (κ2) is 3.71. The van der Waals surface area contributed by atoms with Crippen molar-refractivity contribution in [1.29, 1.82) is 0 Å². The van der Waals surface area contributed by atoms with Crippen molar-refractivity contribution in [2.75, 3.05) is 0 Å². The fourth-order valence-electron chi connectivity index (χ4n) is 0.556. The number of carbonyl (C=O) groups is 2. The molecule has 0 radical (unpaired) electrons. The molecule has 0 aromatic heterocycles. The zero-order valence-electron chi connectivity index (χ0n) is 5.63. The summed E-state index contributed by atoms with van der Waals surface area (Å²) in [6, 6.07) is -1.11. The van der Waals surface area contributed by atoms with Crippen LogP contribution in [0.2, 0.25) is 0 Å². The summed E-state index contributed by atoms with van der Waals surface area (Å²) < 4.78 is 0. The van der Waals surface area contributed by atoms with Crippen LogP contribution in [0.5, 0.6) is 0 Å². The van der Waals surface area contributed by atoms with Gasteiger partial charge < -0.3 is 16.2 Å². The van der Waals surface area contributed by atoms with Crippen molar-refractivity contribution in [1.82, 2.24) is 5.32 Å². The molecule has 4 N–H and O–H groups in total. The van der Waals surface area contributed by atoms with Crippen molar-refractivity contribution in [3.05, 3.63) is 0 Å². The molecule has 0 unspecified atom stereocenters. The fraction of sp³-hybridized carbons (Fsp3) is 0.600. The first-order valence-electron chi connectivity index (χ1n) is 2.80. The summed E-state index contributed by atoms with van der Waals surface area (Å²) in [4.78, 5) is 20.1. The van der Waals surface area contributed by atoms with Gasteiger partial charge >= 0.3 is 12.0 Å². The first kappa shape index (κ1) is 8.74. The quantitative estimate of drug-likeness (QED) is 0.502. The van der Waals surface area contributed by atoms with Crippen molar-refractivity contribution < 1.29 is 14.7 Å². The lowest BCUT2D eigenvalue weighted by molar-refractivity contribution is -0.137. The maximum Gasteiger partial charge on any atom is 0.312 e. The van der Waals surface area contributed by atoms with Crippen LogP contribution in [0.1, 0.15) is 13.3 Å². The van der Waals surface area contributed by atoms with Crippen molar-refractivity contribution in [3.8, 4) is 0 Å². The van der Waals surface area contributed by atoms with Crippen LogP contribution in [0.4, 0.5) is 4.79 Å². The Kier molecular flexibility index (Phi) is 3.24. The summed E-state index contributed by atoms with van der Waals surface area (Å²) in [7, 11) is 0. The maximum absolute atomic E-state index is 10.1. The molecule has 0 saturated carbocycles. The van der Waals surface area contributed by atoms with E-state index < -0.39 is 18.0 Å². The molecule has 0 aliphatic heterocycles. The number of aliphatic carboxylic acids is 1. The van der Waals surface area contributed by atoms with Crippen LogP contribution in [-0.2, 0) is 4.79 Å². The van der Waals surface area contributed by atoms with E-state index in [4.69, 9.17) is 10.8 Å². The predicted octanol–water partition coefficient (Wildman–Crippen LogP) is -0.482. The van der Waals surface area contributed by atoms with Gasteiger partial charge in [0, 0.05) is 6.04 Å². The minimum atomic E-state index is -0.957. The third kappa shape index (κ3) is 4.89. The summed E-state index contributed by atoms with van der Waals surface area (Å²) in [6.07, 6.45) is -0.108. The SMILES string of the molecule is C[C@@H](CC(=O)O)NC(N)=O. The van der Waals surface area contributed by atoms with Gasteiger partial charge in [-0.1, -0.05) is 0 Å². The number of nitrogens with one attached hydrogen (secondary N) is 1. The molecule has 5 heteroatoms. The Morgan fingerprint density at radius 2 is 2.20 bits per heavy atom. The summed E-state index contributed by atoms with van der Waals surface area (Å²) in [5.41, 5.74) is 4.73. The summed E-state index contributed by atoms with van der Waals surface area (Å²) in [6.45, 7) is 1.57. The molecule has 0 fully saturated rings. The number of urea groups is 1. The molecule has 1 atom stereocenters. The molecule has 0 bridgehead atoms. The van der Waals surface area contributed by atoms with Gasteiger partial charge in [0.15, 0.2) is 0 Å². The molecule has 0 saturated heterocycles. The van der Waals surface area contributed by atoms with E-state index in [0.717, 1.165) is 0 Å². The number of carboxylic acids is 1. The Bertz CT molecular complexity index is 130. The molecule has 10 heavy (non-hydrogen) atoms. The monoisotopic (exact) mass is 146 g/mol. The number of carboxylic acid groups (broad SMARTS) is 1. The molecule has 5 nitrogen and oxygen atoms in total. The molecule has 0 spiro atoms. The van der Waals surface area contributed by atoms with Crippen LogP contribution in [0.15, 0.2) is 0 Å². The van der Waals surface area contributed by atoms with Crippen molar-refractivity contribution >= 4 is 12.0 Å². The summed E-state index contributed by atoms with van der Waals surface area (Å²) in [5.74, 6) is -0.957. The molecule has 0 aliphatic carbocycles. The smallest absolute Gasteiger partial charge is 0.312 e. The molecular formula is C5H10N2O3. The normalized spacial score (nSPS) is 12.1. The van der Waals surface area contributed by atoms with E-state index in [1.165, 1.54) is 0 Å². The second-order valence-corrected chi connectivity index (χ2v) is 2.01. The topological polar surface area (TPSA) is 92.4 Å². The van der Waals surface area contributed by atoms with E-state index in [-0.39, 0.29) is 6.42 Å². The van der Waals surface area contributed by atoms with Gasteiger partial charge in [-0.3, -0.25) is 4.79 Å². The molecule has 0 aromatic carbocycles. The number of carbonyl (C=O) groups excluding carboxylic acids is 1. The van der Waals surface area contributed by atoms with E-state index in [1.54, 1.807) is 6.92 Å². The van der Waals surface area contributed by atoms with Gasteiger partial charge in [0.05, 0.1) is 6.42 Å². The van der Waals surface area contributed by atoms with Crippen molar-refractivity contribution in [3.63, 3.8) is 0 Å². The lowest BCUT2D eigenvalue weighted by Crippen LogP contribution is -2.37. The zero-order valence-corrected chi connectivity index (χ0v) is 5.63. The number of primary amides is 1. The van der Waals surface area contributed by atoms with Crippen LogP contribution in [0.25, 0.3) is 0 Å². The number of rotatable bonds is 3. The number of hydrogen-bond acceptors (Lipinski definition) is 2. The molecule has 0 heterocycles. The number of nitrogens with two attached hydrogens (primary N) is 1. The minimum absolute atomic E-state index is 0.108.